The number of anilines is 1. The highest BCUT2D eigenvalue weighted by atomic mass is 32.2. The number of aromatic amines is 1. The second-order valence-electron chi connectivity index (χ2n) is 5.64. The van der Waals surface area contributed by atoms with E-state index in [4.69, 9.17) is 10.5 Å². The van der Waals surface area contributed by atoms with Crippen molar-refractivity contribution in [2.24, 2.45) is 0 Å². The van der Waals surface area contributed by atoms with Crippen LogP contribution in [0, 0.1) is 0 Å². The number of hydrogen-bond donors (Lipinski definition) is 2. The zero-order valence-corrected chi connectivity index (χ0v) is 14.9. The number of rotatable bonds is 6. The summed E-state index contributed by atoms with van der Waals surface area (Å²) in [6, 6.07) is 8.12. The zero-order chi connectivity index (χ0) is 18.0. The molecule has 0 radical (unpaired) electrons. The molecule has 2 heterocycles. The summed E-state index contributed by atoms with van der Waals surface area (Å²) >= 11 is 0. The molecule has 0 bridgehead atoms. The summed E-state index contributed by atoms with van der Waals surface area (Å²) in [5, 5.41) is 0. The Hall–Kier alpha value is -2.61. The predicted octanol–water partition coefficient (Wildman–Crippen LogP) is 2.94. The quantitative estimate of drug-likeness (QED) is 0.699. The lowest BCUT2D eigenvalue weighted by molar-refractivity contribution is 0.187. The van der Waals surface area contributed by atoms with Gasteiger partial charge in [0.1, 0.15) is 34.2 Å². The van der Waals surface area contributed by atoms with Gasteiger partial charge in [-0.05, 0) is 25.0 Å². The molecule has 0 aliphatic carbocycles. The van der Waals surface area contributed by atoms with Gasteiger partial charge in [0, 0.05) is 0 Å². The van der Waals surface area contributed by atoms with Gasteiger partial charge in [-0.1, -0.05) is 32.0 Å². The summed E-state index contributed by atoms with van der Waals surface area (Å²) in [6.07, 6.45) is 2.90. The molecule has 0 saturated carbocycles. The third-order valence-corrected chi connectivity index (χ3v) is 5.89. The maximum atomic E-state index is 13.0. The van der Waals surface area contributed by atoms with Crippen LogP contribution in [0.4, 0.5) is 5.82 Å². The van der Waals surface area contributed by atoms with Crippen LogP contribution >= 0.6 is 0 Å². The van der Waals surface area contributed by atoms with E-state index in [2.05, 4.69) is 15.0 Å². The third-order valence-electron chi connectivity index (χ3n) is 4.04. The first-order valence-corrected chi connectivity index (χ1v) is 9.56. The molecule has 0 spiro atoms. The number of nitrogens with zero attached hydrogens (tertiary/aromatic N) is 2. The predicted molar refractivity (Wildman–Crippen MR) is 95.2 cm³/mol. The van der Waals surface area contributed by atoms with Crippen molar-refractivity contribution in [3.05, 3.63) is 36.7 Å². The van der Waals surface area contributed by atoms with Crippen molar-refractivity contribution < 1.29 is 13.2 Å². The monoisotopic (exact) mass is 360 g/mol. The van der Waals surface area contributed by atoms with Crippen molar-refractivity contribution in [1.29, 1.82) is 0 Å². The Balaban J connectivity index is 2.17. The summed E-state index contributed by atoms with van der Waals surface area (Å²) in [4.78, 5) is 11.2. The molecule has 25 heavy (non-hydrogen) atoms. The lowest BCUT2D eigenvalue weighted by atomic mass is 10.2. The lowest BCUT2D eigenvalue weighted by Gasteiger charge is -2.14. The van der Waals surface area contributed by atoms with Crippen molar-refractivity contribution in [1.82, 2.24) is 15.0 Å². The second-order valence-corrected chi connectivity index (χ2v) is 7.53. The molecule has 2 aromatic heterocycles. The fourth-order valence-electron chi connectivity index (χ4n) is 2.67. The number of sulfone groups is 1. The van der Waals surface area contributed by atoms with Crippen molar-refractivity contribution in [3.8, 4) is 5.88 Å². The van der Waals surface area contributed by atoms with Gasteiger partial charge in [-0.25, -0.2) is 13.4 Å². The Morgan fingerprint density at radius 3 is 2.48 bits per heavy atom. The summed E-state index contributed by atoms with van der Waals surface area (Å²) in [7, 11) is -3.81. The van der Waals surface area contributed by atoms with E-state index in [1.165, 1.54) is 18.5 Å². The number of nitrogens with two attached hydrogens (primary N) is 1. The molecule has 0 aliphatic heterocycles. The number of nitrogen functional groups attached to an aromatic ring is 1. The van der Waals surface area contributed by atoms with Gasteiger partial charge >= 0.3 is 0 Å². The first kappa shape index (κ1) is 17.2. The molecule has 0 saturated heterocycles. The second kappa shape index (κ2) is 6.72. The highest BCUT2D eigenvalue weighted by Gasteiger charge is 2.28. The summed E-state index contributed by atoms with van der Waals surface area (Å²) in [5.74, 6) is 0.327. The van der Waals surface area contributed by atoms with Crippen LogP contribution in [0.5, 0.6) is 5.88 Å². The Bertz CT molecular complexity index is 980. The Morgan fingerprint density at radius 2 is 1.84 bits per heavy atom. The third kappa shape index (κ3) is 3.05. The summed E-state index contributed by atoms with van der Waals surface area (Å²) in [5.41, 5.74) is 6.61. The van der Waals surface area contributed by atoms with Crippen LogP contribution in [0.3, 0.4) is 0 Å². The van der Waals surface area contributed by atoms with Crippen LogP contribution < -0.4 is 10.5 Å². The van der Waals surface area contributed by atoms with Crippen LogP contribution in [0.1, 0.15) is 26.7 Å². The average Bonchev–Trinajstić information content (AvgIpc) is 2.97. The van der Waals surface area contributed by atoms with E-state index < -0.39 is 9.84 Å². The number of benzene rings is 1. The zero-order valence-electron chi connectivity index (χ0n) is 14.1. The van der Waals surface area contributed by atoms with Crippen molar-refractivity contribution >= 4 is 26.7 Å². The Labute approximate surface area is 146 Å². The fourth-order valence-corrected chi connectivity index (χ4v) is 4.17. The first-order chi connectivity index (χ1) is 12.0. The smallest absolute Gasteiger partial charge is 0.241 e. The van der Waals surface area contributed by atoms with Gasteiger partial charge in [-0.2, -0.15) is 4.98 Å². The highest BCUT2D eigenvalue weighted by molar-refractivity contribution is 7.92. The molecule has 0 unspecified atom stereocenters. The van der Waals surface area contributed by atoms with E-state index in [9.17, 15) is 8.42 Å². The number of ether oxygens (including phenoxy) is 1. The van der Waals surface area contributed by atoms with Crippen molar-refractivity contribution in [2.75, 3.05) is 5.73 Å². The first-order valence-electron chi connectivity index (χ1n) is 8.08. The maximum absolute atomic E-state index is 13.0. The van der Waals surface area contributed by atoms with Crippen molar-refractivity contribution in [2.45, 2.75) is 42.6 Å². The topological polar surface area (TPSA) is 111 Å². The standard InChI is InChI=1S/C17H20N4O3S/c1-3-11(4-2)24-17-14-13(19-10-20-17)15(16(18)21-14)25(22,23)12-8-6-5-7-9-12/h5-11,21H,3-4,18H2,1-2H3. The van der Waals surface area contributed by atoms with Gasteiger partial charge in [-0.15, -0.1) is 0 Å². The molecular formula is C17H20N4O3S. The minimum atomic E-state index is -3.81. The Morgan fingerprint density at radius 1 is 1.16 bits per heavy atom. The lowest BCUT2D eigenvalue weighted by Crippen LogP contribution is -2.14. The Kier molecular flexibility index (Phi) is 4.63. The van der Waals surface area contributed by atoms with Gasteiger partial charge in [0.05, 0.1) is 4.90 Å². The van der Waals surface area contributed by atoms with Crippen LogP contribution in [0.2, 0.25) is 0 Å². The molecule has 7 nitrogen and oxygen atoms in total. The van der Waals surface area contributed by atoms with Gasteiger partial charge in [0.25, 0.3) is 0 Å². The highest BCUT2D eigenvalue weighted by Crippen LogP contribution is 2.35. The van der Waals surface area contributed by atoms with Crippen LogP contribution in [-0.2, 0) is 9.84 Å². The molecular weight excluding hydrogens is 340 g/mol. The molecule has 0 fully saturated rings. The molecule has 132 valence electrons. The van der Waals surface area contributed by atoms with E-state index in [1.807, 2.05) is 13.8 Å². The number of hydrogen-bond acceptors (Lipinski definition) is 6. The number of H-pyrrole nitrogens is 1. The number of nitrogens with one attached hydrogen (secondary N) is 1. The molecule has 3 aromatic rings. The molecule has 3 N–H and O–H groups in total. The van der Waals surface area contributed by atoms with E-state index in [-0.39, 0.29) is 27.2 Å². The van der Waals surface area contributed by atoms with Gasteiger partial charge in [0.2, 0.25) is 15.7 Å². The molecule has 1 aromatic carbocycles. The fraction of sp³-hybridized carbons (Fsp3) is 0.294. The summed E-state index contributed by atoms with van der Waals surface area (Å²) in [6.45, 7) is 4.03. The number of aromatic nitrogens is 3. The molecule has 0 aliphatic rings. The van der Waals surface area contributed by atoms with E-state index in [0.717, 1.165) is 12.8 Å². The van der Waals surface area contributed by atoms with E-state index >= 15 is 0 Å². The van der Waals surface area contributed by atoms with Crippen LogP contribution in [0.15, 0.2) is 46.5 Å². The number of fused-ring (bicyclic) bond motifs is 1. The van der Waals surface area contributed by atoms with Gasteiger partial charge in [0.15, 0.2) is 0 Å². The normalized spacial score (nSPS) is 12.0. The molecule has 3 rings (SSSR count). The molecule has 0 amide bonds. The maximum Gasteiger partial charge on any atom is 0.241 e. The SMILES string of the molecule is CCC(CC)Oc1ncnc2c(S(=O)(=O)c3ccccc3)c(N)[nH]c12. The molecule has 8 heteroatoms. The van der Waals surface area contributed by atoms with E-state index in [1.54, 1.807) is 18.2 Å². The minimum absolute atomic E-state index is 0.0168. The summed E-state index contributed by atoms with van der Waals surface area (Å²) < 4.78 is 31.8. The molecule has 0 atom stereocenters. The average molecular weight is 360 g/mol. The minimum Gasteiger partial charge on any atom is -0.473 e. The van der Waals surface area contributed by atoms with Crippen LogP contribution in [0.25, 0.3) is 11.0 Å². The van der Waals surface area contributed by atoms with Crippen LogP contribution in [-0.4, -0.2) is 29.5 Å². The van der Waals surface area contributed by atoms with Gasteiger partial charge in [-0.3, -0.25) is 0 Å². The largest absolute Gasteiger partial charge is 0.473 e. The van der Waals surface area contributed by atoms with Crippen molar-refractivity contribution in [3.63, 3.8) is 0 Å². The van der Waals surface area contributed by atoms with Gasteiger partial charge < -0.3 is 15.5 Å². The van der Waals surface area contributed by atoms with E-state index in [0.29, 0.717) is 11.4 Å².